The number of benzene rings is 1. The zero-order valence-electron chi connectivity index (χ0n) is 11.7. The van der Waals surface area contributed by atoms with Crippen LogP contribution < -0.4 is 14.8 Å². The second-order valence-corrected chi connectivity index (χ2v) is 5.97. The van der Waals surface area contributed by atoms with Crippen molar-refractivity contribution in [3.63, 3.8) is 0 Å². The Labute approximate surface area is 115 Å². The van der Waals surface area contributed by atoms with Gasteiger partial charge in [0.1, 0.15) is 5.75 Å². The molecule has 6 heteroatoms. The second kappa shape index (κ2) is 7.47. The molecule has 1 aromatic rings. The molecule has 0 aromatic heterocycles. The van der Waals surface area contributed by atoms with Gasteiger partial charge in [-0.3, -0.25) is 0 Å². The van der Waals surface area contributed by atoms with Gasteiger partial charge in [-0.1, -0.05) is 6.92 Å². The lowest BCUT2D eigenvalue weighted by atomic mass is 10.2. The molecule has 0 unspecified atom stereocenters. The van der Waals surface area contributed by atoms with Gasteiger partial charge >= 0.3 is 0 Å². The molecule has 0 aliphatic heterocycles. The molecular formula is C13H22N2O3S. The predicted molar refractivity (Wildman–Crippen MR) is 75.9 cm³/mol. The normalized spacial score (nSPS) is 11.5. The van der Waals surface area contributed by atoms with Crippen molar-refractivity contribution in [1.82, 2.24) is 10.0 Å². The minimum Gasteiger partial charge on any atom is -0.494 e. The molecule has 0 radical (unpaired) electrons. The maximum Gasteiger partial charge on any atom is 0.240 e. The largest absolute Gasteiger partial charge is 0.494 e. The third kappa shape index (κ3) is 4.49. The minimum absolute atomic E-state index is 0.256. The van der Waals surface area contributed by atoms with Crippen LogP contribution in [0.15, 0.2) is 23.1 Å². The second-order valence-electron chi connectivity index (χ2n) is 4.09. The summed E-state index contributed by atoms with van der Waals surface area (Å²) < 4.78 is 31.4. The van der Waals surface area contributed by atoms with Crippen LogP contribution in [0.3, 0.4) is 0 Å². The summed E-state index contributed by atoms with van der Waals surface area (Å²) in [6.07, 6.45) is 1.03. The van der Waals surface area contributed by atoms with Gasteiger partial charge in [-0.2, -0.15) is 0 Å². The first kappa shape index (κ1) is 15.9. The van der Waals surface area contributed by atoms with Gasteiger partial charge in [-0.15, -0.1) is 0 Å². The van der Waals surface area contributed by atoms with Gasteiger partial charge in [-0.25, -0.2) is 13.1 Å². The van der Waals surface area contributed by atoms with E-state index < -0.39 is 10.0 Å². The van der Waals surface area contributed by atoms with E-state index >= 15 is 0 Å². The summed E-state index contributed by atoms with van der Waals surface area (Å²) in [5, 5.41) is 3.25. The molecule has 0 saturated heterocycles. The van der Waals surface area contributed by atoms with Crippen LogP contribution in [0, 0.1) is 0 Å². The van der Waals surface area contributed by atoms with Crippen molar-refractivity contribution in [2.75, 3.05) is 20.2 Å². The molecular weight excluding hydrogens is 264 g/mol. The lowest BCUT2D eigenvalue weighted by Crippen LogP contribution is -2.20. The molecule has 5 nitrogen and oxygen atoms in total. The molecule has 0 amide bonds. The average Bonchev–Trinajstić information content (AvgIpc) is 2.41. The highest BCUT2D eigenvalue weighted by atomic mass is 32.2. The molecule has 0 saturated carbocycles. The van der Waals surface area contributed by atoms with Crippen molar-refractivity contribution >= 4 is 10.0 Å². The highest BCUT2D eigenvalue weighted by Gasteiger charge is 2.14. The van der Waals surface area contributed by atoms with Crippen molar-refractivity contribution in [2.24, 2.45) is 0 Å². The van der Waals surface area contributed by atoms with Crippen LogP contribution in [-0.4, -0.2) is 28.6 Å². The fourth-order valence-electron chi connectivity index (χ4n) is 1.68. The van der Waals surface area contributed by atoms with Gasteiger partial charge in [0, 0.05) is 12.1 Å². The molecule has 1 aromatic carbocycles. The minimum atomic E-state index is -3.42. The van der Waals surface area contributed by atoms with E-state index in [-0.39, 0.29) is 4.90 Å². The first-order chi connectivity index (χ1) is 9.05. The first-order valence-electron chi connectivity index (χ1n) is 6.45. The van der Waals surface area contributed by atoms with Crippen LogP contribution in [0.2, 0.25) is 0 Å². The van der Waals surface area contributed by atoms with Crippen molar-refractivity contribution in [2.45, 2.75) is 31.7 Å². The lowest BCUT2D eigenvalue weighted by Gasteiger charge is -2.13. The SMILES string of the molecule is CCCNCc1cc(S(=O)(=O)NC)ccc1OCC. The monoisotopic (exact) mass is 286 g/mol. The Morgan fingerprint density at radius 1 is 1.26 bits per heavy atom. The number of sulfonamides is 1. The summed E-state index contributed by atoms with van der Waals surface area (Å²) in [6.45, 7) is 6.02. The fourth-order valence-corrected chi connectivity index (χ4v) is 2.46. The topological polar surface area (TPSA) is 67.4 Å². The molecule has 0 spiro atoms. The fraction of sp³-hybridized carbons (Fsp3) is 0.538. The quantitative estimate of drug-likeness (QED) is 0.711. The van der Waals surface area contributed by atoms with Crippen LogP contribution in [0.25, 0.3) is 0 Å². The molecule has 0 bridgehead atoms. The van der Waals surface area contributed by atoms with Crippen molar-refractivity contribution in [3.05, 3.63) is 23.8 Å². The van der Waals surface area contributed by atoms with E-state index in [1.165, 1.54) is 7.05 Å². The smallest absolute Gasteiger partial charge is 0.240 e. The Morgan fingerprint density at radius 2 is 2.00 bits per heavy atom. The maximum atomic E-state index is 11.8. The number of hydrogen-bond donors (Lipinski definition) is 2. The average molecular weight is 286 g/mol. The van der Waals surface area contributed by atoms with Crippen molar-refractivity contribution in [3.8, 4) is 5.75 Å². The standard InChI is InChI=1S/C13H22N2O3S/c1-4-8-15-10-11-9-12(19(16,17)14-3)6-7-13(11)18-5-2/h6-7,9,14-15H,4-5,8,10H2,1-3H3. The molecule has 108 valence electrons. The van der Waals surface area contributed by atoms with E-state index in [4.69, 9.17) is 4.74 Å². The lowest BCUT2D eigenvalue weighted by molar-refractivity contribution is 0.335. The van der Waals surface area contributed by atoms with Gasteiger partial charge in [0.05, 0.1) is 11.5 Å². The third-order valence-corrected chi connectivity index (χ3v) is 4.07. The first-order valence-corrected chi connectivity index (χ1v) is 7.93. The Kier molecular flexibility index (Phi) is 6.27. The number of rotatable bonds is 8. The van der Waals surface area contributed by atoms with Gasteiger partial charge in [-0.05, 0) is 45.1 Å². The number of nitrogens with one attached hydrogen (secondary N) is 2. The Balaban J connectivity index is 3.03. The van der Waals surface area contributed by atoms with E-state index in [0.717, 1.165) is 24.3 Å². The summed E-state index contributed by atoms with van der Waals surface area (Å²) in [5.41, 5.74) is 0.853. The highest BCUT2D eigenvalue weighted by Crippen LogP contribution is 2.22. The van der Waals surface area contributed by atoms with E-state index in [0.29, 0.717) is 13.2 Å². The van der Waals surface area contributed by atoms with Gasteiger partial charge < -0.3 is 10.1 Å². The molecule has 0 heterocycles. The summed E-state index contributed by atoms with van der Waals surface area (Å²) in [4.78, 5) is 0.256. The molecule has 2 N–H and O–H groups in total. The van der Waals surface area contributed by atoms with Crippen LogP contribution >= 0.6 is 0 Å². The zero-order chi connectivity index (χ0) is 14.3. The number of ether oxygens (including phenoxy) is 1. The van der Waals surface area contributed by atoms with E-state index in [9.17, 15) is 8.42 Å². The highest BCUT2D eigenvalue weighted by molar-refractivity contribution is 7.89. The van der Waals surface area contributed by atoms with Gasteiger partial charge in [0.15, 0.2) is 0 Å². The van der Waals surface area contributed by atoms with Crippen LogP contribution in [0.4, 0.5) is 0 Å². The van der Waals surface area contributed by atoms with Gasteiger partial charge in [0.25, 0.3) is 0 Å². The number of hydrogen-bond acceptors (Lipinski definition) is 4. The van der Waals surface area contributed by atoms with Crippen molar-refractivity contribution < 1.29 is 13.2 Å². The zero-order valence-corrected chi connectivity index (χ0v) is 12.5. The molecule has 0 atom stereocenters. The summed E-state index contributed by atoms with van der Waals surface area (Å²) in [5.74, 6) is 0.723. The van der Waals surface area contributed by atoms with E-state index in [1.54, 1.807) is 18.2 Å². The Hall–Kier alpha value is -1.11. The predicted octanol–water partition coefficient (Wildman–Crippen LogP) is 1.49. The van der Waals surface area contributed by atoms with Crippen LogP contribution in [0.1, 0.15) is 25.8 Å². The van der Waals surface area contributed by atoms with Crippen LogP contribution in [0.5, 0.6) is 5.75 Å². The molecule has 0 aliphatic rings. The summed E-state index contributed by atoms with van der Waals surface area (Å²) in [7, 11) is -2.01. The molecule has 19 heavy (non-hydrogen) atoms. The molecule has 0 fully saturated rings. The molecule has 1 rings (SSSR count). The Bertz CT molecular complexity index is 501. The summed E-state index contributed by atoms with van der Waals surface area (Å²) >= 11 is 0. The third-order valence-electron chi connectivity index (χ3n) is 2.65. The molecule has 0 aliphatic carbocycles. The van der Waals surface area contributed by atoms with Crippen molar-refractivity contribution in [1.29, 1.82) is 0 Å². The van der Waals surface area contributed by atoms with E-state index in [1.807, 2.05) is 6.92 Å². The van der Waals surface area contributed by atoms with E-state index in [2.05, 4.69) is 17.0 Å². The Morgan fingerprint density at radius 3 is 2.58 bits per heavy atom. The summed E-state index contributed by atoms with van der Waals surface area (Å²) in [6, 6.07) is 4.91. The van der Waals surface area contributed by atoms with Crippen LogP contribution in [-0.2, 0) is 16.6 Å². The van der Waals surface area contributed by atoms with Gasteiger partial charge in [0.2, 0.25) is 10.0 Å². The maximum absolute atomic E-state index is 11.8.